The summed E-state index contributed by atoms with van der Waals surface area (Å²) in [4.78, 5) is 2.24. The van der Waals surface area contributed by atoms with Crippen LogP contribution in [0.2, 0.25) is 0 Å². The van der Waals surface area contributed by atoms with Crippen LogP contribution in [0.25, 0.3) is 0 Å². The molecule has 2 nitrogen and oxygen atoms in total. The summed E-state index contributed by atoms with van der Waals surface area (Å²) in [5.41, 5.74) is 1.00. The minimum atomic E-state index is -0.400. The van der Waals surface area contributed by atoms with Gasteiger partial charge in [0.15, 0.2) is 0 Å². The van der Waals surface area contributed by atoms with Gasteiger partial charge in [0.1, 0.15) is 0 Å². The highest BCUT2D eigenvalue weighted by atomic mass is 16.3. The summed E-state index contributed by atoms with van der Waals surface area (Å²) in [7, 11) is 2.09. The van der Waals surface area contributed by atoms with Crippen molar-refractivity contribution in [2.45, 2.75) is 45.3 Å². The summed E-state index contributed by atoms with van der Waals surface area (Å²) in [5.74, 6) is 0. The van der Waals surface area contributed by atoms with E-state index in [1.807, 2.05) is 30.3 Å². The molecule has 1 N–H and O–H groups in total. The summed E-state index contributed by atoms with van der Waals surface area (Å²) in [6.45, 7) is 5.35. The molecule has 0 spiro atoms. The van der Waals surface area contributed by atoms with E-state index in [0.29, 0.717) is 0 Å². The quantitative estimate of drug-likeness (QED) is 0.733. The summed E-state index contributed by atoms with van der Waals surface area (Å²) in [6.07, 6.45) is 3.31. The summed E-state index contributed by atoms with van der Waals surface area (Å²) < 4.78 is 0. The van der Waals surface area contributed by atoms with E-state index in [4.69, 9.17) is 0 Å². The zero-order valence-electron chi connectivity index (χ0n) is 11.3. The smallest absolute Gasteiger partial charge is 0.0942 e. The highest BCUT2D eigenvalue weighted by molar-refractivity contribution is 5.18. The third-order valence-electron chi connectivity index (χ3n) is 3.41. The van der Waals surface area contributed by atoms with Crippen molar-refractivity contribution in [3.63, 3.8) is 0 Å². The number of aliphatic hydroxyl groups excluding tert-OH is 1. The van der Waals surface area contributed by atoms with Crippen molar-refractivity contribution in [1.29, 1.82) is 0 Å². The van der Waals surface area contributed by atoms with Gasteiger partial charge in [-0.3, -0.25) is 0 Å². The molecule has 2 atom stereocenters. The van der Waals surface area contributed by atoms with Gasteiger partial charge in [0.25, 0.3) is 0 Å². The number of nitrogens with zero attached hydrogens (tertiary/aromatic N) is 1. The van der Waals surface area contributed by atoms with Crippen molar-refractivity contribution >= 4 is 0 Å². The van der Waals surface area contributed by atoms with Gasteiger partial charge in [-0.2, -0.15) is 0 Å². The Balaban J connectivity index is 2.48. The molecular weight excluding hydrogens is 210 g/mol. The molecule has 2 heteroatoms. The number of unbranched alkanes of at least 4 members (excludes halogenated alkanes) is 2. The van der Waals surface area contributed by atoms with Crippen LogP contribution in [0.3, 0.4) is 0 Å². The first-order chi connectivity index (χ1) is 8.16. The zero-order valence-corrected chi connectivity index (χ0v) is 11.3. The van der Waals surface area contributed by atoms with Gasteiger partial charge in [0, 0.05) is 6.04 Å². The maximum atomic E-state index is 10.3. The zero-order chi connectivity index (χ0) is 12.7. The van der Waals surface area contributed by atoms with Gasteiger partial charge in [-0.25, -0.2) is 0 Å². The van der Waals surface area contributed by atoms with Crippen LogP contribution in [0.5, 0.6) is 0 Å². The van der Waals surface area contributed by atoms with E-state index in [2.05, 4.69) is 25.8 Å². The molecule has 0 bridgehead atoms. The van der Waals surface area contributed by atoms with Gasteiger partial charge in [-0.1, -0.05) is 50.1 Å². The topological polar surface area (TPSA) is 23.5 Å². The van der Waals surface area contributed by atoms with Crippen molar-refractivity contribution in [3.8, 4) is 0 Å². The van der Waals surface area contributed by atoms with Crippen LogP contribution in [-0.2, 0) is 0 Å². The minimum Gasteiger partial charge on any atom is -0.387 e. The van der Waals surface area contributed by atoms with Crippen molar-refractivity contribution in [3.05, 3.63) is 35.9 Å². The maximum Gasteiger partial charge on any atom is 0.0942 e. The minimum absolute atomic E-state index is 0.161. The number of aliphatic hydroxyl groups is 1. The van der Waals surface area contributed by atoms with Crippen LogP contribution < -0.4 is 0 Å². The lowest BCUT2D eigenvalue weighted by atomic mass is 10.0. The third kappa shape index (κ3) is 4.49. The lowest BCUT2D eigenvalue weighted by Crippen LogP contribution is -2.35. The second-order valence-corrected chi connectivity index (χ2v) is 4.78. The van der Waals surface area contributed by atoms with Crippen molar-refractivity contribution in [2.75, 3.05) is 13.6 Å². The van der Waals surface area contributed by atoms with Gasteiger partial charge in [0.2, 0.25) is 0 Å². The molecule has 0 aliphatic rings. The average Bonchev–Trinajstić information content (AvgIpc) is 2.38. The monoisotopic (exact) mass is 235 g/mol. The van der Waals surface area contributed by atoms with Crippen molar-refractivity contribution in [1.82, 2.24) is 4.90 Å². The first-order valence-electron chi connectivity index (χ1n) is 6.60. The van der Waals surface area contributed by atoms with E-state index in [-0.39, 0.29) is 6.04 Å². The molecule has 0 amide bonds. The number of likely N-dealkylation sites (N-methyl/N-ethyl adjacent to an activating group) is 1. The highest BCUT2D eigenvalue weighted by Gasteiger charge is 2.19. The largest absolute Gasteiger partial charge is 0.387 e. The Morgan fingerprint density at radius 2 is 1.82 bits per heavy atom. The molecule has 1 rings (SSSR count). The van der Waals surface area contributed by atoms with Crippen molar-refractivity contribution < 1.29 is 5.11 Å². The molecule has 0 fully saturated rings. The highest BCUT2D eigenvalue weighted by Crippen LogP contribution is 2.19. The lowest BCUT2D eigenvalue weighted by Gasteiger charge is -2.29. The van der Waals surface area contributed by atoms with E-state index >= 15 is 0 Å². The predicted molar refractivity (Wildman–Crippen MR) is 73.0 cm³/mol. The molecular formula is C15H25NO. The van der Waals surface area contributed by atoms with Crippen LogP contribution in [0.4, 0.5) is 0 Å². The molecule has 0 aliphatic heterocycles. The van der Waals surface area contributed by atoms with Gasteiger partial charge < -0.3 is 10.0 Å². The van der Waals surface area contributed by atoms with Crippen LogP contribution in [0.15, 0.2) is 30.3 Å². The van der Waals surface area contributed by atoms with Gasteiger partial charge in [-0.05, 0) is 32.5 Å². The first-order valence-corrected chi connectivity index (χ1v) is 6.60. The maximum absolute atomic E-state index is 10.3. The SMILES string of the molecule is CCCCCN(C)[C@@H](C)[C@H](O)c1ccccc1. The second kappa shape index (κ2) is 7.46. The average molecular weight is 235 g/mol. The van der Waals surface area contributed by atoms with Crippen molar-refractivity contribution in [2.24, 2.45) is 0 Å². The molecule has 0 saturated heterocycles. The Kier molecular flexibility index (Phi) is 6.23. The number of hydrogen-bond donors (Lipinski definition) is 1. The van der Waals surface area contributed by atoms with E-state index in [9.17, 15) is 5.11 Å². The van der Waals surface area contributed by atoms with Gasteiger partial charge >= 0.3 is 0 Å². The van der Waals surface area contributed by atoms with E-state index in [0.717, 1.165) is 12.1 Å². The molecule has 1 aromatic carbocycles. The fourth-order valence-corrected chi connectivity index (χ4v) is 1.98. The molecule has 0 radical (unpaired) electrons. The van der Waals surface area contributed by atoms with Crippen LogP contribution >= 0.6 is 0 Å². The fraction of sp³-hybridized carbons (Fsp3) is 0.600. The Labute approximate surface area is 105 Å². The number of hydrogen-bond acceptors (Lipinski definition) is 2. The summed E-state index contributed by atoms with van der Waals surface area (Å²) in [6, 6.07) is 10.1. The predicted octanol–water partition coefficient (Wildman–Crippen LogP) is 3.23. The van der Waals surface area contributed by atoms with Crippen LogP contribution in [0, 0.1) is 0 Å². The Bertz CT molecular complexity index is 299. The van der Waals surface area contributed by atoms with Gasteiger partial charge in [-0.15, -0.1) is 0 Å². The fourth-order valence-electron chi connectivity index (χ4n) is 1.98. The molecule has 0 aliphatic carbocycles. The van der Waals surface area contributed by atoms with Crippen LogP contribution in [0.1, 0.15) is 44.8 Å². The molecule has 0 saturated carbocycles. The second-order valence-electron chi connectivity index (χ2n) is 4.78. The van der Waals surface area contributed by atoms with Crippen LogP contribution in [-0.4, -0.2) is 29.6 Å². The molecule has 1 aromatic rings. The normalized spacial score (nSPS) is 14.9. The Morgan fingerprint density at radius 3 is 2.41 bits per heavy atom. The third-order valence-corrected chi connectivity index (χ3v) is 3.41. The molecule has 0 heterocycles. The van der Waals surface area contributed by atoms with E-state index < -0.39 is 6.10 Å². The summed E-state index contributed by atoms with van der Waals surface area (Å²) >= 11 is 0. The number of rotatable bonds is 7. The lowest BCUT2D eigenvalue weighted by molar-refractivity contribution is 0.0717. The standard InChI is InChI=1S/C15H25NO/c1-4-5-9-12-16(3)13(2)15(17)14-10-7-6-8-11-14/h6-8,10-11,13,15,17H,4-5,9,12H2,1-3H3/t13-,15-/m0/s1. The van der Waals surface area contributed by atoms with Gasteiger partial charge in [0.05, 0.1) is 6.10 Å². The van der Waals surface area contributed by atoms with E-state index in [1.165, 1.54) is 19.3 Å². The van der Waals surface area contributed by atoms with E-state index in [1.54, 1.807) is 0 Å². The Hall–Kier alpha value is -0.860. The summed E-state index contributed by atoms with van der Waals surface area (Å²) in [5, 5.41) is 10.3. The molecule has 96 valence electrons. The molecule has 0 unspecified atom stereocenters. The first kappa shape index (κ1) is 14.2. The Morgan fingerprint density at radius 1 is 1.18 bits per heavy atom. The number of benzene rings is 1. The molecule has 0 aromatic heterocycles. The molecule has 17 heavy (non-hydrogen) atoms.